The Kier molecular flexibility index (Phi) is 4.40. The van der Waals surface area contributed by atoms with Crippen LogP contribution in [0.2, 0.25) is 5.02 Å². The summed E-state index contributed by atoms with van der Waals surface area (Å²) in [5.74, 6) is 0.950. The number of ether oxygens (including phenoxy) is 2. The van der Waals surface area contributed by atoms with Gasteiger partial charge in [0.15, 0.2) is 5.82 Å². The zero-order valence-corrected chi connectivity index (χ0v) is 14.1. The quantitative estimate of drug-likeness (QED) is 0.712. The SMILES string of the molecule is ON(c1cccc(Cl)c1)c1ncnc2cccc(OC3CCOC3)c12. The average molecular weight is 358 g/mol. The fourth-order valence-electron chi connectivity index (χ4n) is 2.84. The van der Waals surface area contributed by atoms with Gasteiger partial charge in [0.1, 0.15) is 18.2 Å². The summed E-state index contributed by atoms with van der Waals surface area (Å²) < 4.78 is 11.4. The number of fused-ring (bicyclic) bond motifs is 1. The molecule has 6 nitrogen and oxygen atoms in total. The summed E-state index contributed by atoms with van der Waals surface area (Å²) in [4.78, 5) is 8.54. The Labute approximate surface area is 149 Å². The fourth-order valence-corrected chi connectivity index (χ4v) is 3.02. The van der Waals surface area contributed by atoms with Gasteiger partial charge in [0.25, 0.3) is 0 Å². The number of hydrogen-bond acceptors (Lipinski definition) is 6. The smallest absolute Gasteiger partial charge is 0.172 e. The van der Waals surface area contributed by atoms with Gasteiger partial charge in [-0.15, -0.1) is 0 Å². The maximum absolute atomic E-state index is 10.7. The van der Waals surface area contributed by atoms with Gasteiger partial charge in [-0.25, -0.2) is 15.0 Å². The van der Waals surface area contributed by atoms with Gasteiger partial charge in [-0.05, 0) is 30.3 Å². The molecule has 1 fully saturated rings. The van der Waals surface area contributed by atoms with Crippen LogP contribution in [-0.4, -0.2) is 34.5 Å². The molecule has 1 unspecified atom stereocenters. The molecule has 2 aromatic carbocycles. The topological polar surface area (TPSA) is 67.7 Å². The second-order valence-corrected chi connectivity index (χ2v) is 6.18. The lowest BCUT2D eigenvalue weighted by Crippen LogP contribution is -2.17. The molecule has 25 heavy (non-hydrogen) atoms. The maximum Gasteiger partial charge on any atom is 0.172 e. The molecule has 1 N–H and O–H groups in total. The van der Waals surface area contributed by atoms with Gasteiger partial charge in [-0.3, -0.25) is 5.21 Å². The highest BCUT2D eigenvalue weighted by atomic mass is 35.5. The molecule has 2 heterocycles. The summed E-state index contributed by atoms with van der Waals surface area (Å²) in [5, 5.41) is 12.9. The molecule has 1 aliphatic rings. The van der Waals surface area contributed by atoms with Crippen LogP contribution in [0.15, 0.2) is 48.8 Å². The van der Waals surface area contributed by atoms with Crippen LogP contribution in [0.4, 0.5) is 11.5 Å². The van der Waals surface area contributed by atoms with Gasteiger partial charge in [-0.1, -0.05) is 23.7 Å². The molecule has 1 atom stereocenters. The second-order valence-electron chi connectivity index (χ2n) is 5.74. The van der Waals surface area contributed by atoms with Crippen LogP contribution in [0.25, 0.3) is 10.9 Å². The molecule has 1 aliphatic heterocycles. The summed E-state index contributed by atoms with van der Waals surface area (Å²) in [6.45, 7) is 1.24. The van der Waals surface area contributed by atoms with Gasteiger partial charge in [0.2, 0.25) is 0 Å². The molecule has 3 aromatic rings. The molecule has 4 rings (SSSR count). The van der Waals surface area contributed by atoms with E-state index in [-0.39, 0.29) is 6.10 Å². The molecular weight excluding hydrogens is 342 g/mol. The molecular formula is C18H16ClN3O3. The van der Waals surface area contributed by atoms with Crippen molar-refractivity contribution in [3.8, 4) is 5.75 Å². The normalized spacial score (nSPS) is 17.0. The van der Waals surface area contributed by atoms with Gasteiger partial charge in [0.05, 0.1) is 29.8 Å². The summed E-state index contributed by atoms with van der Waals surface area (Å²) in [6, 6.07) is 12.5. The van der Waals surface area contributed by atoms with Crippen LogP contribution in [0, 0.1) is 0 Å². The van der Waals surface area contributed by atoms with Crippen molar-refractivity contribution in [1.29, 1.82) is 0 Å². The fraction of sp³-hybridized carbons (Fsp3) is 0.222. The summed E-state index contributed by atoms with van der Waals surface area (Å²) in [5.41, 5.74) is 1.19. The van der Waals surface area contributed by atoms with Crippen molar-refractivity contribution >= 4 is 34.0 Å². The molecule has 0 spiro atoms. The molecule has 128 valence electrons. The van der Waals surface area contributed by atoms with E-state index in [2.05, 4.69) is 9.97 Å². The average Bonchev–Trinajstić information content (AvgIpc) is 3.14. The van der Waals surface area contributed by atoms with Crippen molar-refractivity contribution < 1.29 is 14.7 Å². The number of benzene rings is 2. The molecule has 0 radical (unpaired) electrons. The van der Waals surface area contributed by atoms with Crippen molar-refractivity contribution in [1.82, 2.24) is 9.97 Å². The Morgan fingerprint density at radius 2 is 2.08 bits per heavy atom. The number of nitrogens with zero attached hydrogens (tertiary/aromatic N) is 3. The number of rotatable bonds is 4. The summed E-state index contributed by atoms with van der Waals surface area (Å²) in [6.07, 6.45) is 2.22. The van der Waals surface area contributed by atoms with Gasteiger partial charge < -0.3 is 9.47 Å². The van der Waals surface area contributed by atoms with Crippen molar-refractivity contribution in [2.45, 2.75) is 12.5 Å². The maximum atomic E-state index is 10.7. The van der Waals surface area contributed by atoms with E-state index in [0.29, 0.717) is 46.4 Å². The van der Waals surface area contributed by atoms with Crippen molar-refractivity contribution in [2.24, 2.45) is 0 Å². The minimum atomic E-state index is -0.0167. The first-order chi connectivity index (χ1) is 12.2. The summed E-state index contributed by atoms with van der Waals surface area (Å²) in [7, 11) is 0. The van der Waals surface area contributed by atoms with E-state index in [1.54, 1.807) is 24.3 Å². The van der Waals surface area contributed by atoms with Gasteiger partial charge in [-0.2, -0.15) is 0 Å². The number of aromatic nitrogens is 2. The Bertz CT molecular complexity index is 894. The molecule has 0 aliphatic carbocycles. The zero-order chi connectivity index (χ0) is 17.2. The monoisotopic (exact) mass is 357 g/mol. The number of halogens is 1. The highest BCUT2D eigenvalue weighted by molar-refractivity contribution is 6.30. The Balaban J connectivity index is 1.80. The largest absolute Gasteiger partial charge is 0.487 e. The van der Waals surface area contributed by atoms with Crippen LogP contribution in [0.5, 0.6) is 5.75 Å². The van der Waals surface area contributed by atoms with E-state index >= 15 is 0 Å². The molecule has 1 saturated heterocycles. The zero-order valence-electron chi connectivity index (χ0n) is 13.3. The summed E-state index contributed by atoms with van der Waals surface area (Å²) >= 11 is 6.03. The van der Waals surface area contributed by atoms with Crippen LogP contribution >= 0.6 is 11.6 Å². The van der Waals surface area contributed by atoms with E-state index in [4.69, 9.17) is 21.1 Å². The van der Waals surface area contributed by atoms with Crippen LogP contribution in [0.1, 0.15) is 6.42 Å². The Hall–Kier alpha value is -2.41. The van der Waals surface area contributed by atoms with E-state index in [0.717, 1.165) is 11.5 Å². The van der Waals surface area contributed by atoms with E-state index in [1.807, 2.05) is 18.2 Å². The van der Waals surface area contributed by atoms with E-state index in [9.17, 15) is 5.21 Å². The van der Waals surface area contributed by atoms with Crippen LogP contribution in [-0.2, 0) is 4.74 Å². The minimum Gasteiger partial charge on any atom is -0.487 e. The highest BCUT2D eigenvalue weighted by Crippen LogP contribution is 2.35. The molecule has 7 heteroatoms. The lowest BCUT2D eigenvalue weighted by atomic mass is 10.2. The van der Waals surface area contributed by atoms with Crippen LogP contribution < -0.4 is 9.80 Å². The first-order valence-corrected chi connectivity index (χ1v) is 8.33. The van der Waals surface area contributed by atoms with Gasteiger partial charge >= 0.3 is 0 Å². The first kappa shape index (κ1) is 16.1. The van der Waals surface area contributed by atoms with Crippen LogP contribution in [0.3, 0.4) is 0 Å². The van der Waals surface area contributed by atoms with Crippen molar-refractivity contribution in [3.05, 3.63) is 53.8 Å². The minimum absolute atomic E-state index is 0.0167. The lowest BCUT2D eigenvalue weighted by molar-refractivity contribution is 0.142. The first-order valence-electron chi connectivity index (χ1n) is 7.95. The van der Waals surface area contributed by atoms with Gasteiger partial charge in [0, 0.05) is 11.4 Å². The predicted octanol–water partition coefficient (Wildman–Crippen LogP) is 3.98. The lowest BCUT2D eigenvalue weighted by Gasteiger charge is -2.20. The second kappa shape index (κ2) is 6.84. The van der Waals surface area contributed by atoms with Crippen molar-refractivity contribution in [2.75, 3.05) is 18.3 Å². The Morgan fingerprint density at radius 3 is 2.88 bits per heavy atom. The number of anilines is 2. The molecule has 0 bridgehead atoms. The molecule has 1 aromatic heterocycles. The third-order valence-electron chi connectivity index (χ3n) is 4.04. The molecule has 0 amide bonds. The highest BCUT2D eigenvalue weighted by Gasteiger charge is 2.21. The number of hydrogen-bond donors (Lipinski definition) is 1. The van der Waals surface area contributed by atoms with E-state index in [1.165, 1.54) is 6.33 Å². The van der Waals surface area contributed by atoms with Crippen molar-refractivity contribution in [3.63, 3.8) is 0 Å². The Morgan fingerprint density at radius 1 is 1.20 bits per heavy atom. The third kappa shape index (κ3) is 3.24. The van der Waals surface area contributed by atoms with E-state index < -0.39 is 0 Å². The molecule has 0 saturated carbocycles. The standard InChI is InChI=1S/C18H16ClN3O3/c19-12-3-1-4-13(9-12)22(23)18-17-15(20-11-21-18)5-2-6-16(17)25-14-7-8-24-10-14/h1-6,9,11,14,23H,7-8,10H2. The predicted molar refractivity (Wildman–Crippen MR) is 94.8 cm³/mol. The third-order valence-corrected chi connectivity index (χ3v) is 4.27.